The molecule has 0 heterocycles. The first-order chi connectivity index (χ1) is 8.57. The highest BCUT2D eigenvalue weighted by Crippen LogP contribution is 2.13. The third kappa shape index (κ3) is 11.4. The Hall–Kier alpha value is -0.160. The van der Waals surface area contributed by atoms with Crippen LogP contribution in [0.15, 0.2) is 0 Å². The zero-order valence-corrected chi connectivity index (χ0v) is 13.9. The van der Waals surface area contributed by atoms with Crippen LogP contribution in [0.25, 0.3) is 0 Å². The zero-order chi connectivity index (χ0) is 15.1. The predicted octanol–water partition coefficient (Wildman–Crippen LogP) is 3.38. The van der Waals surface area contributed by atoms with Crippen LogP contribution in [0.1, 0.15) is 54.9 Å². The molecule has 116 valence electrons. The minimum Gasteiger partial charge on any atom is -0.373 e. The van der Waals surface area contributed by atoms with Crippen molar-refractivity contribution in [3.05, 3.63) is 0 Å². The van der Waals surface area contributed by atoms with Crippen molar-refractivity contribution in [3.8, 4) is 0 Å². The summed E-state index contributed by atoms with van der Waals surface area (Å²) in [5.41, 5.74) is -0.342. The summed E-state index contributed by atoms with van der Waals surface area (Å²) >= 11 is 0. The van der Waals surface area contributed by atoms with Crippen LogP contribution in [0.4, 0.5) is 0 Å². The molecular weight excluding hydrogens is 244 g/mol. The van der Waals surface area contributed by atoms with Gasteiger partial charge in [-0.15, -0.1) is 0 Å². The molecule has 19 heavy (non-hydrogen) atoms. The lowest BCUT2D eigenvalue weighted by Crippen LogP contribution is -2.35. The Morgan fingerprint density at radius 2 is 1.32 bits per heavy atom. The van der Waals surface area contributed by atoms with Gasteiger partial charge in [-0.05, 0) is 48.0 Å². The number of methoxy groups -OCH3 is 1. The smallest absolute Gasteiger partial charge is 0.180 e. The molecule has 0 bridgehead atoms. The van der Waals surface area contributed by atoms with Crippen LogP contribution in [0.3, 0.4) is 0 Å². The lowest BCUT2D eigenvalue weighted by molar-refractivity contribution is -0.212. The van der Waals surface area contributed by atoms with Gasteiger partial charge in [0.25, 0.3) is 0 Å². The normalized spacial score (nSPS) is 16.4. The van der Waals surface area contributed by atoms with E-state index in [1.807, 2.05) is 41.5 Å². The van der Waals surface area contributed by atoms with E-state index in [9.17, 15) is 0 Å². The van der Waals surface area contributed by atoms with E-state index in [1.54, 1.807) is 7.11 Å². The quantitative estimate of drug-likeness (QED) is 0.637. The molecule has 2 atom stereocenters. The second-order valence-electron chi connectivity index (χ2n) is 6.68. The van der Waals surface area contributed by atoms with Crippen LogP contribution < -0.4 is 0 Å². The van der Waals surface area contributed by atoms with Crippen LogP contribution in [0.2, 0.25) is 0 Å². The summed E-state index contributed by atoms with van der Waals surface area (Å²) in [5, 5.41) is 0. The molecule has 2 unspecified atom stereocenters. The largest absolute Gasteiger partial charge is 0.373 e. The monoisotopic (exact) mass is 276 g/mol. The predicted molar refractivity (Wildman–Crippen MR) is 77.4 cm³/mol. The maximum atomic E-state index is 5.87. The van der Waals surface area contributed by atoms with E-state index in [4.69, 9.17) is 18.9 Å². The van der Waals surface area contributed by atoms with Crippen molar-refractivity contribution < 1.29 is 18.9 Å². The van der Waals surface area contributed by atoms with Crippen molar-refractivity contribution in [2.24, 2.45) is 0 Å². The number of rotatable bonds is 8. The highest BCUT2D eigenvalue weighted by Gasteiger charge is 2.21. The summed E-state index contributed by atoms with van der Waals surface area (Å²) in [7, 11) is 1.63. The molecule has 0 saturated carbocycles. The van der Waals surface area contributed by atoms with E-state index in [-0.39, 0.29) is 23.6 Å². The van der Waals surface area contributed by atoms with Crippen LogP contribution in [0.5, 0.6) is 0 Å². The van der Waals surface area contributed by atoms with Crippen molar-refractivity contribution in [3.63, 3.8) is 0 Å². The molecule has 4 heteroatoms. The molecule has 0 aliphatic rings. The third-order valence-electron chi connectivity index (χ3n) is 2.42. The van der Waals surface area contributed by atoms with E-state index in [2.05, 4.69) is 6.92 Å². The Labute approximate surface area is 118 Å². The van der Waals surface area contributed by atoms with Gasteiger partial charge in [0.1, 0.15) is 0 Å². The Kier molecular flexibility index (Phi) is 8.13. The molecule has 0 saturated heterocycles. The molecule has 0 fully saturated rings. The van der Waals surface area contributed by atoms with Gasteiger partial charge in [0.15, 0.2) is 6.29 Å². The summed E-state index contributed by atoms with van der Waals surface area (Å²) in [5.74, 6) is 0. The van der Waals surface area contributed by atoms with E-state index in [1.165, 1.54) is 0 Å². The van der Waals surface area contributed by atoms with Gasteiger partial charge in [-0.3, -0.25) is 0 Å². The van der Waals surface area contributed by atoms with Gasteiger partial charge in [0, 0.05) is 7.11 Å². The molecule has 0 aromatic rings. The Balaban J connectivity index is 4.17. The van der Waals surface area contributed by atoms with E-state index in [0.717, 1.165) is 6.42 Å². The van der Waals surface area contributed by atoms with E-state index < -0.39 is 0 Å². The summed E-state index contributed by atoms with van der Waals surface area (Å²) in [4.78, 5) is 0. The van der Waals surface area contributed by atoms with E-state index >= 15 is 0 Å². The number of hydrogen-bond acceptors (Lipinski definition) is 4. The van der Waals surface area contributed by atoms with Gasteiger partial charge in [0.2, 0.25) is 0 Å². The standard InChI is InChI=1S/C15H32O4/c1-9-12(10-17-14(2,3)4)19-13(16-8)11-18-15(5,6)7/h12-13H,9-11H2,1-8H3. The average molecular weight is 276 g/mol. The van der Waals surface area contributed by atoms with E-state index in [0.29, 0.717) is 13.2 Å². The van der Waals surface area contributed by atoms with Gasteiger partial charge < -0.3 is 18.9 Å². The molecule has 0 amide bonds. The summed E-state index contributed by atoms with van der Waals surface area (Å²) in [6.07, 6.45) is 0.548. The van der Waals surface area contributed by atoms with Gasteiger partial charge in [-0.25, -0.2) is 0 Å². The molecule has 0 aliphatic heterocycles. The second-order valence-corrected chi connectivity index (χ2v) is 6.68. The Morgan fingerprint density at radius 3 is 1.68 bits per heavy atom. The molecular formula is C15H32O4. The van der Waals surface area contributed by atoms with Crippen molar-refractivity contribution >= 4 is 0 Å². The van der Waals surface area contributed by atoms with Crippen molar-refractivity contribution in [1.29, 1.82) is 0 Å². The minimum atomic E-state index is -0.354. The lowest BCUT2D eigenvalue weighted by Gasteiger charge is -2.28. The molecule has 0 spiro atoms. The summed E-state index contributed by atoms with van der Waals surface area (Å²) in [6.45, 7) is 15.2. The minimum absolute atomic E-state index is 0.0211. The van der Waals surface area contributed by atoms with Crippen molar-refractivity contribution in [2.75, 3.05) is 20.3 Å². The lowest BCUT2D eigenvalue weighted by atomic mass is 10.2. The molecule has 0 radical (unpaired) electrons. The van der Waals surface area contributed by atoms with Gasteiger partial charge in [-0.2, -0.15) is 0 Å². The first-order valence-electron chi connectivity index (χ1n) is 7.03. The molecule has 0 aromatic heterocycles. The van der Waals surface area contributed by atoms with Crippen LogP contribution in [0, 0.1) is 0 Å². The molecule has 0 aromatic carbocycles. The van der Waals surface area contributed by atoms with Gasteiger partial charge in [-0.1, -0.05) is 6.92 Å². The summed E-state index contributed by atoms with van der Waals surface area (Å²) in [6, 6.07) is 0. The third-order valence-corrected chi connectivity index (χ3v) is 2.42. The number of hydrogen-bond donors (Lipinski definition) is 0. The molecule has 4 nitrogen and oxygen atoms in total. The maximum absolute atomic E-state index is 5.87. The fraction of sp³-hybridized carbons (Fsp3) is 1.00. The fourth-order valence-electron chi connectivity index (χ4n) is 1.29. The number of ether oxygens (including phenoxy) is 4. The maximum Gasteiger partial charge on any atom is 0.180 e. The van der Waals surface area contributed by atoms with Crippen LogP contribution in [-0.2, 0) is 18.9 Å². The van der Waals surface area contributed by atoms with Crippen molar-refractivity contribution in [2.45, 2.75) is 78.5 Å². The zero-order valence-electron chi connectivity index (χ0n) is 13.9. The Morgan fingerprint density at radius 1 is 0.842 bits per heavy atom. The van der Waals surface area contributed by atoms with Crippen LogP contribution in [-0.4, -0.2) is 43.9 Å². The fourth-order valence-corrected chi connectivity index (χ4v) is 1.29. The SMILES string of the molecule is CCC(COC(C)(C)C)OC(COC(C)(C)C)OC. The van der Waals surface area contributed by atoms with Gasteiger partial charge >= 0.3 is 0 Å². The average Bonchev–Trinajstić information content (AvgIpc) is 2.25. The first-order valence-corrected chi connectivity index (χ1v) is 7.03. The van der Waals surface area contributed by atoms with Gasteiger partial charge in [0.05, 0.1) is 30.5 Å². The van der Waals surface area contributed by atoms with Crippen LogP contribution >= 0.6 is 0 Å². The highest BCUT2D eigenvalue weighted by atomic mass is 16.7. The molecule has 0 aliphatic carbocycles. The topological polar surface area (TPSA) is 36.9 Å². The highest BCUT2D eigenvalue weighted by molar-refractivity contribution is 4.64. The Bertz CT molecular complexity index is 203. The second kappa shape index (κ2) is 8.20. The molecule has 0 N–H and O–H groups in total. The first kappa shape index (κ1) is 18.8. The van der Waals surface area contributed by atoms with Crippen molar-refractivity contribution in [1.82, 2.24) is 0 Å². The molecule has 0 rings (SSSR count). The summed E-state index contributed by atoms with van der Waals surface area (Å²) < 4.78 is 22.6.